The molecule has 0 aliphatic rings. The number of carbonyl (C=O) groups is 1. The summed E-state index contributed by atoms with van der Waals surface area (Å²) in [7, 11) is 0. The molecule has 1 atom stereocenters. The molecule has 0 saturated carbocycles. The van der Waals surface area contributed by atoms with Crippen LogP contribution in [0, 0.1) is 5.92 Å². The van der Waals surface area contributed by atoms with Crippen LogP contribution in [0.4, 0.5) is 0 Å². The van der Waals surface area contributed by atoms with Crippen molar-refractivity contribution in [2.24, 2.45) is 5.92 Å². The van der Waals surface area contributed by atoms with Crippen LogP contribution in [0.3, 0.4) is 0 Å². The molecule has 0 heterocycles. The van der Waals surface area contributed by atoms with Gasteiger partial charge >= 0.3 is 5.97 Å². The molecule has 1 unspecified atom stereocenters. The average molecular weight is 1310 g/mol. The fourth-order valence-corrected chi connectivity index (χ4v) is 14.5. The standard InChI is InChI=1S/C54H108O2.C36H74O/c1-4-7-10-13-16-19-22-25-28-30-33-36-39-42-45-48-51-53(50-47-44-41-38-35-32-27-24-21-18-15-12-9-6-3)54(55)56-52-49-46-43-40-37-34-31-29-26-23-20-17-14-11-8-5-2;1-3-5-7-9-11-13-15-17-19-21-23-25-27-29-31-33-35-37-36-34-32-30-28-26-24-22-20-18-16-14-12-10-8-6-4-2/h53H,4-52H2,1-3H3;3-36H2,1-2H3. The van der Waals surface area contributed by atoms with E-state index in [1.165, 1.54) is 494 Å². The SMILES string of the molecule is CCCCCCCCCCCCCCCCCCOC(=O)C(CCCCCCCCCCCCCCCC)CCCCCCCCCCCCCCCCCC.CCCCCCCCCCCCCCCCCCOCCCCCCCCCCCCCCCCCC. The molecular formula is C90H182O3. The van der Waals surface area contributed by atoms with Gasteiger partial charge in [-0.3, -0.25) is 4.79 Å². The maximum atomic E-state index is 13.2. The van der Waals surface area contributed by atoms with E-state index in [-0.39, 0.29) is 11.9 Å². The van der Waals surface area contributed by atoms with Gasteiger partial charge in [-0.2, -0.15) is 0 Å². The first-order valence-corrected chi connectivity index (χ1v) is 44.9. The molecule has 0 aromatic rings. The van der Waals surface area contributed by atoms with Crippen LogP contribution in [0.1, 0.15) is 548 Å². The monoisotopic (exact) mass is 1310 g/mol. The minimum Gasteiger partial charge on any atom is -0.465 e. The molecule has 0 aliphatic carbocycles. The maximum absolute atomic E-state index is 13.2. The minimum absolute atomic E-state index is 0.126. The number of hydrogen-bond donors (Lipinski definition) is 0. The zero-order valence-corrected chi connectivity index (χ0v) is 66.0. The Bertz CT molecular complexity index is 1210. The number of ether oxygens (including phenoxy) is 2. The number of carbonyl (C=O) groups excluding carboxylic acids is 1. The number of unbranched alkanes of at least 4 members (excludes halogenated alkanes) is 73. The summed E-state index contributed by atoms with van der Waals surface area (Å²) in [6, 6.07) is 0. The third-order valence-electron chi connectivity index (χ3n) is 21.2. The number of esters is 1. The molecule has 0 bridgehead atoms. The predicted molar refractivity (Wildman–Crippen MR) is 423 cm³/mol. The molecule has 0 rings (SSSR count). The Hall–Kier alpha value is -0.570. The van der Waals surface area contributed by atoms with Gasteiger partial charge in [0, 0.05) is 13.2 Å². The van der Waals surface area contributed by atoms with Gasteiger partial charge in [0.25, 0.3) is 0 Å². The Morgan fingerprint density at radius 2 is 0.301 bits per heavy atom. The lowest BCUT2D eigenvalue weighted by molar-refractivity contribution is -0.149. The van der Waals surface area contributed by atoms with Crippen LogP contribution in [0.25, 0.3) is 0 Å². The smallest absolute Gasteiger partial charge is 0.308 e. The van der Waals surface area contributed by atoms with Gasteiger partial charge in [0.05, 0.1) is 12.5 Å². The minimum atomic E-state index is 0.126. The van der Waals surface area contributed by atoms with Crippen molar-refractivity contribution in [1.29, 1.82) is 0 Å². The van der Waals surface area contributed by atoms with E-state index in [0.29, 0.717) is 6.61 Å². The van der Waals surface area contributed by atoms with Crippen LogP contribution in [-0.4, -0.2) is 25.8 Å². The van der Waals surface area contributed by atoms with E-state index in [9.17, 15) is 4.79 Å². The van der Waals surface area contributed by atoms with Gasteiger partial charge in [-0.15, -0.1) is 0 Å². The molecule has 0 amide bonds. The molecule has 93 heavy (non-hydrogen) atoms. The van der Waals surface area contributed by atoms with Crippen molar-refractivity contribution in [1.82, 2.24) is 0 Å². The summed E-state index contributed by atoms with van der Waals surface area (Å²) in [6.07, 6.45) is 112. The molecule has 3 nitrogen and oxygen atoms in total. The fourth-order valence-electron chi connectivity index (χ4n) is 14.5. The lowest BCUT2D eigenvalue weighted by Gasteiger charge is -2.16. The molecule has 0 fully saturated rings. The van der Waals surface area contributed by atoms with Crippen molar-refractivity contribution >= 4 is 5.97 Å². The zero-order chi connectivity index (χ0) is 67.3. The highest BCUT2D eigenvalue weighted by molar-refractivity contribution is 5.72. The van der Waals surface area contributed by atoms with Crippen LogP contribution < -0.4 is 0 Å². The van der Waals surface area contributed by atoms with Crippen molar-refractivity contribution in [3.63, 3.8) is 0 Å². The third-order valence-corrected chi connectivity index (χ3v) is 21.2. The lowest BCUT2D eigenvalue weighted by Crippen LogP contribution is -2.18. The molecule has 0 aliphatic heterocycles. The molecule has 0 radical (unpaired) electrons. The third kappa shape index (κ3) is 89.4. The molecule has 0 aromatic carbocycles. The van der Waals surface area contributed by atoms with Gasteiger partial charge in [-0.1, -0.05) is 516 Å². The van der Waals surface area contributed by atoms with E-state index in [1.54, 1.807) is 0 Å². The van der Waals surface area contributed by atoms with E-state index in [2.05, 4.69) is 34.6 Å². The van der Waals surface area contributed by atoms with Gasteiger partial charge < -0.3 is 9.47 Å². The van der Waals surface area contributed by atoms with Gasteiger partial charge in [-0.05, 0) is 32.1 Å². The van der Waals surface area contributed by atoms with E-state index < -0.39 is 0 Å². The molecule has 0 N–H and O–H groups in total. The highest BCUT2D eigenvalue weighted by Crippen LogP contribution is 2.24. The topological polar surface area (TPSA) is 35.5 Å². The Balaban J connectivity index is 0. The summed E-state index contributed by atoms with van der Waals surface area (Å²) in [6.45, 7) is 14.2. The Morgan fingerprint density at radius 3 is 0.462 bits per heavy atom. The van der Waals surface area contributed by atoms with Gasteiger partial charge in [-0.25, -0.2) is 0 Å². The fraction of sp³-hybridized carbons (Fsp3) is 0.989. The van der Waals surface area contributed by atoms with Crippen molar-refractivity contribution in [2.45, 2.75) is 548 Å². The molecule has 3 heteroatoms. The largest absolute Gasteiger partial charge is 0.465 e. The molecule has 0 aromatic heterocycles. The van der Waals surface area contributed by atoms with Gasteiger partial charge in [0.1, 0.15) is 0 Å². The van der Waals surface area contributed by atoms with Crippen molar-refractivity contribution < 1.29 is 14.3 Å². The summed E-state index contributed by atoms with van der Waals surface area (Å²) in [4.78, 5) is 13.2. The van der Waals surface area contributed by atoms with Crippen LogP contribution >= 0.6 is 0 Å². The van der Waals surface area contributed by atoms with Crippen LogP contribution in [0.2, 0.25) is 0 Å². The first-order chi connectivity index (χ1) is 46.2. The Labute approximate surface area is 591 Å². The summed E-state index contributed by atoms with van der Waals surface area (Å²) < 4.78 is 11.8. The van der Waals surface area contributed by atoms with Crippen LogP contribution in [0.5, 0.6) is 0 Å². The molecular weight excluding hydrogens is 1130 g/mol. The van der Waals surface area contributed by atoms with Crippen molar-refractivity contribution in [3.8, 4) is 0 Å². The van der Waals surface area contributed by atoms with E-state index >= 15 is 0 Å². The Kier molecular flexibility index (Phi) is 92.9. The Morgan fingerprint density at radius 1 is 0.172 bits per heavy atom. The maximum Gasteiger partial charge on any atom is 0.308 e. The summed E-state index contributed by atoms with van der Waals surface area (Å²) in [5, 5.41) is 0. The predicted octanol–water partition coefficient (Wildman–Crippen LogP) is 33.5. The number of hydrogen-bond acceptors (Lipinski definition) is 3. The van der Waals surface area contributed by atoms with Crippen LogP contribution in [-0.2, 0) is 14.3 Å². The van der Waals surface area contributed by atoms with E-state index in [0.717, 1.165) is 32.5 Å². The molecule has 0 saturated heterocycles. The lowest BCUT2D eigenvalue weighted by atomic mass is 9.94. The van der Waals surface area contributed by atoms with E-state index in [1.807, 2.05) is 0 Å². The van der Waals surface area contributed by atoms with Gasteiger partial charge in [0.15, 0.2) is 0 Å². The van der Waals surface area contributed by atoms with Crippen molar-refractivity contribution in [2.75, 3.05) is 19.8 Å². The second kappa shape index (κ2) is 91.4. The quantitative estimate of drug-likeness (QED) is 0.0450. The van der Waals surface area contributed by atoms with Crippen LogP contribution in [0.15, 0.2) is 0 Å². The summed E-state index contributed by atoms with van der Waals surface area (Å²) >= 11 is 0. The van der Waals surface area contributed by atoms with E-state index in [4.69, 9.17) is 9.47 Å². The van der Waals surface area contributed by atoms with Gasteiger partial charge in [0.2, 0.25) is 0 Å². The second-order valence-electron chi connectivity index (χ2n) is 30.9. The summed E-state index contributed by atoms with van der Waals surface area (Å²) in [5.74, 6) is 0.265. The summed E-state index contributed by atoms with van der Waals surface area (Å²) in [5.41, 5.74) is 0. The highest BCUT2D eigenvalue weighted by Gasteiger charge is 2.19. The zero-order valence-electron chi connectivity index (χ0n) is 66.0. The highest BCUT2D eigenvalue weighted by atomic mass is 16.5. The first-order valence-electron chi connectivity index (χ1n) is 44.9. The normalized spacial score (nSPS) is 11.9. The van der Waals surface area contributed by atoms with Crippen molar-refractivity contribution in [3.05, 3.63) is 0 Å². The number of rotatable bonds is 84. The first kappa shape index (κ1) is 94.5. The molecule has 0 spiro atoms. The second-order valence-corrected chi connectivity index (χ2v) is 30.9. The average Bonchev–Trinajstić information content (AvgIpc) is 3.68. The molecule has 560 valence electrons.